The number of amides is 1. The highest BCUT2D eigenvalue weighted by atomic mass is 35.5. The third-order valence-electron chi connectivity index (χ3n) is 7.58. The van der Waals surface area contributed by atoms with E-state index in [4.69, 9.17) is 42.8 Å². The van der Waals surface area contributed by atoms with Crippen LogP contribution in [0.5, 0.6) is 5.75 Å². The number of rotatable bonds is 13. The maximum absolute atomic E-state index is 14.5. The van der Waals surface area contributed by atoms with Gasteiger partial charge in [0.15, 0.2) is 21.5 Å². The van der Waals surface area contributed by atoms with Crippen molar-refractivity contribution in [1.82, 2.24) is 5.32 Å². The van der Waals surface area contributed by atoms with E-state index < -0.39 is 51.3 Å². The molecule has 2 N–H and O–H groups in total. The van der Waals surface area contributed by atoms with Gasteiger partial charge in [0.25, 0.3) is 5.91 Å². The molecule has 0 saturated carbocycles. The van der Waals surface area contributed by atoms with Gasteiger partial charge in [-0.3, -0.25) is 4.79 Å². The third kappa shape index (κ3) is 7.93. The first-order chi connectivity index (χ1) is 22.5. The van der Waals surface area contributed by atoms with Crippen molar-refractivity contribution >= 4 is 44.8 Å². The largest absolute Gasteiger partial charge is 0.494 e. The second-order valence-corrected chi connectivity index (χ2v) is 13.7. The Labute approximate surface area is 280 Å². The second-order valence-electron chi connectivity index (χ2n) is 10.8. The van der Waals surface area contributed by atoms with Crippen LogP contribution in [0.15, 0.2) is 101 Å². The van der Waals surface area contributed by atoms with E-state index in [0.29, 0.717) is 34.9 Å². The number of halogens is 4. The van der Waals surface area contributed by atoms with Crippen molar-refractivity contribution in [2.24, 2.45) is 4.99 Å². The summed E-state index contributed by atoms with van der Waals surface area (Å²) in [5.74, 6) is -2.20. The first-order valence-electron chi connectivity index (χ1n) is 14.6. The monoisotopic (exact) mass is 702 g/mol. The fourth-order valence-electron chi connectivity index (χ4n) is 5.10. The molecule has 1 amide bonds. The lowest BCUT2D eigenvalue weighted by Crippen LogP contribution is -2.49. The molecular formula is C34H30Cl2F2N2O6S. The first kappa shape index (κ1) is 34.3. The lowest BCUT2D eigenvalue weighted by atomic mass is 9.85. The summed E-state index contributed by atoms with van der Waals surface area (Å²) in [6.45, 7) is -0.135. The fourth-order valence-corrected chi connectivity index (χ4v) is 7.00. The molecule has 0 radical (unpaired) electrons. The molecule has 0 saturated heterocycles. The summed E-state index contributed by atoms with van der Waals surface area (Å²) in [6.07, 6.45) is -1.16. The molecule has 0 spiro atoms. The maximum atomic E-state index is 14.5. The molecule has 0 bridgehead atoms. The number of aliphatic hydroxyl groups is 1. The minimum atomic E-state index is -3.92. The van der Waals surface area contributed by atoms with Crippen LogP contribution in [0.25, 0.3) is 0 Å². The van der Waals surface area contributed by atoms with Crippen LogP contribution in [-0.2, 0) is 25.9 Å². The number of hydrogen-bond donors (Lipinski definition) is 2. The molecule has 1 aliphatic heterocycles. The average Bonchev–Trinajstić information content (AvgIpc) is 3.45. The van der Waals surface area contributed by atoms with Gasteiger partial charge in [0.1, 0.15) is 17.4 Å². The van der Waals surface area contributed by atoms with Crippen molar-refractivity contribution in [1.29, 1.82) is 0 Å². The highest BCUT2D eigenvalue weighted by Crippen LogP contribution is 2.45. The summed E-state index contributed by atoms with van der Waals surface area (Å²) in [5, 5.41) is 12.1. The molecule has 0 unspecified atom stereocenters. The molecule has 8 nitrogen and oxygen atoms in total. The number of benzene rings is 4. The van der Waals surface area contributed by atoms with Gasteiger partial charge in [-0.1, -0.05) is 47.5 Å². The van der Waals surface area contributed by atoms with E-state index in [1.807, 2.05) is 0 Å². The van der Waals surface area contributed by atoms with Crippen LogP contribution >= 0.6 is 23.2 Å². The zero-order chi connectivity index (χ0) is 33.6. The van der Waals surface area contributed by atoms with Crippen molar-refractivity contribution in [2.45, 2.75) is 35.9 Å². The molecular weight excluding hydrogens is 673 g/mol. The minimum absolute atomic E-state index is 0.0205. The molecule has 5 rings (SSSR count). The van der Waals surface area contributed by atoms with Gasteiger partial charge in [0, 0.05) is 52.7 Å². The number of carbonyl (C=O) groups is 1. The standard InChI is InChI=1S/C34H30Cl2F2N2O6S/c35-24-9-13-28(29(36)20-24)31-34(15-18-47(43,44)27-5-2-1-3-6-27,33(42)39-21-23-19-25(37)10-14-30(23)38)40-32(46-31)22-7-11-26(12-8-22)45-17-4-16-41/h1-3,5-14,19-20,31,41H,4,15-18,21H2,(H,39,42)/t31-,34-/m1/s1. The number of carbonyl (C=O) groups excluding carboxylic acids is 1. The smallest absolute Gasteiger partial charge is 0.252 e. The Bertz CT molecular complexity index is 1880. The predicted molar refractivity (Wildman–Crippen MR) is 175 cm³/mol. The fraction of sp³-hybridized carbons (Fsp3) is 0.235. The number of sulfone groups is 1. The molecule has 2 atom stereocenters. The van der Waals surface area contributed by atoms with Gasteiger partial charge in [-0.15, -0.1) is 0 Å². The van der Waals surface area contributed by atoms with Crippen LogP contribution < -0.4 is 10.1 Å². The Morgan fingerprint density at radius 2 is 1.74 bits per heavy atom. The van der Waals surface area contributed by atoms with Crippen LogP contribution in [0, 0.1) is 11.6 Å². The van der Waals surface area contributed by atoms with Gasteiger partial charge in [0.05, 0.1) is 17.3 Å². The van der Waals surface area contributed by atoms with E-state index in [2.05, 4.69) is 5.32 Å². The van der Waals surface area contributed by atoms with E-state index in [-0.39, 0.29) is 34.4 Å². The first-order valence-corrected chi connectivity index (χ1v) is 17.0. The highest BCUT2D eigenvalue weighted by Gasteiger charge is 2.54. The zero-order valence-corrected chi connectivity index (χ0v) is 27.2. The lowest BCUT2D eigenvalue weighted by molar-refractivity contribution is -0.129. The normalized spacial score (nSPS) is 17.6. The summed E-state index contributed by atoms with van der Waals surface area (Å²) < 4.78 is 67.4. The van der Waals surface area contributed by atoms with Crippen LogP contribution in [-0.4, -0.2) is 49.8 Å². The number of nitrogens with one attached hydrogen (secondary N) is 1. The van der Waals surface area contributed by atoms with E-state index in [9.17, 15) is 22.0 Å². The van der Waals surface area contributed by atoms with E-state index in [1.165, 1.54) is 18.2 Å². The van der Waals surface area contributed by atoms with Crippen LogP contribution in [0.3, 0.4) is 0 Å². The van der Waals surface area contributed by atoms with Crippen LogP contribution in [0.4, 0.5) is 8.78 Å². The number of nitrogens with zero attached hydrogens (tertiary/aromatic N) is 1. The molecule has 0 aromatic heterocycles. The SMILES string of the molecule is O=C(NCc1cc(F)ccc1F)[C@]1(CCS(=O)(=O)c2ccccc2)N=C(c2ccc(OCCCO)cc2)O[C@@H]1c1ccc(Cl)cc1Cl. The number of aliphatic imine (C=N–C) groups is 1. The Morgan fingerprint density at radius 1 is 1.00 bits per heavy atom. The van der Waals surface area contributed by atoms with Gasteiger partial charge in [0.2, 0.25) is 5.90 Å². The Morgan fingerprint density at radius 3 is 2.45 bits per heavy atom. The van der Waals surface area contributed by atoms with Crippen molar-refractivity contribution in [2.75, 3.05) is 19.0 Å². The maximum Gasteiger partial charge on any atom is 0.252 e. The minimum Gasteiger partial charge on any atom is -0.494 e. The summed E-state index contributed by atoms with van der Waals surface area (Å²) in [7, 11) is -3.92. The summed E-state index contributed by atoms with van der Waals surface area (Å²) >= 11 is 12.8. The van der Waals surface area contributed by atoms with Crippen molar-refractivity contribution in [3.8, 4) is 5.75 Å². The summed E-state index contributed by atoms with van der Waals surface area (Å²) in [6, 6.07) is 21.8. The van der Waals surface area contributed by atoms with E-state index in [0.717, 1.165) is 18.2 Å². The van der Waals surface area contributed by atoms with Crippen molar-refractivity contribution in [3.05, 3.63) is 129 Å². The highest BCUT2D eigenvalue weighted by molar-refractivity contribution is 7.91. The molecule has 4 aromatic rings. The molecule has 0 fully saturated rings. The molecule has 13 heteroatoms. The second kappa shape index (κ2) is 14.8. The molecule has 246 valence electrons. The number of ether oxygens (including phenoxy) is 2. The van der Waals surface area contributed by atoms with E-state index in [1.54, 1.807) is 54.6 Å². The lowest BCUT2D eigenvalue weighted by Gasteiger charge is -2.31. The molecule has 0 aliphatic carbocycles. The Hall–Kier alpha value is -4.03. The van der Waals surface area contributed by atoms with Crippen molar-refractivity contribution < 1.29 is 36.6 Å². The van der Waals surface area contributed by atoms with E-state index >= 15 is 0 Å². The third-order valence-corrected chi connectivity index (χ3v) is 9.87. The van der Waals surface area contributed by atoms with Gasteiger partial charge in [-0.05, 0) is 66.7 Å². The number of hydrogen-bond acceptors (Lipinski definition) is 7. The van der Waals surface area contributed by atoms with Crippen LogP contribution in [0.2, 0.25) is 10.0 Å². The average molecular weight is 704 g/mol. The molecule has 47 heavy (non-hydrogen) atoms. The topological polar surface area (TPSA) is 114 Å². The van der Waals surface area contributed by atoms with Gasteiger partial charge in [-0.2, -0.15) is 0 Å². The van der Waals surface area contributed by atoms with Gasteiger partial charge >= 0.3 is 0 Å². The summed E-state index contributed by atoms with van der Waals surface area (Å²) in [4.78, 5) is 19.1. The zero-order valence-electron chi connectivity index (χ0n) is 24.8. The van der Waals surface area contributed by atoms with Crippen LogP contribution in [0.1, 0.15) is 35.6 Å². The predicted octanol–water partition coefficient (Wildman–Crippen LogP) is 6.47. The molecule has 1 aliphatic rings. The Kier molecular flexibility index (Phi) is 10.8. The molecule has 4 aromatic carbocycles. The molecule has 1 heterocycles. The van der Waals surface area contributed by atoms with Gasteiger partial charge in [-0.25, -0.2) is 22.2 Å². The van der Waals surface area contributed by atoms with Crippen molar-refractivity contribution in [3.63, 3.8) is 0 Å². The number of aliphatic hydroxyl groups excluding tert-OH is 1. The van der Waals surface area contributed by atoms with Gasteiger partial charge < -0.3 is 19.9 Å². The quantitative estimate of drug-likeness (QED) is 0.154. The summed E-state index contributed by atoms with van der Waals surface area (Å²) in [5.41, 5.74) is -1.30. The Balaban J connectivity index is 1.58.